The van der Waals surface area contributed by atoms with E-state index in [2.05, 4.69) is 14.9 Å². The van der Waals surface area contributed by atoms with Gasteiger partial charge in [0.25, 0.3) is 0 Å². The number of halogens is 3. The van der Waals surface area contributed by atoms with E-state index < -0.39 is 18.2 Å². The van der Waals surface area contributed by atoms with Crippen molar-refractivity contribution in [1.82, 2.24) is 0 Å². The molecule has 2 aromatic carbocycles. The minimum Gasteiger partial charge on any atom is -0.431 e. The number of ether oxygens (including phenoxy) is 1. The molecule has 126 valence electrons. The number of rotatable bonds is 6. The average molecular weight is 353 g/mol. The molecule has 2 N–H and O–H groups in total. The van der Waals surface area contributed by atoms with Crippen molar-refractivity contribution in [3.63, 3.8) is 0 Å². The molecule has 8 heteroatoms. The van der Waals surface area contributed by atoms with E-state index in [0.717, 1.165) is 17.8 Å². The van der Waals surface area contributed by atoms with Crippen molar-refractivity contribution in [3.8, 4) is 5.75 Å². The van der Waals surface area contributed by atoms with Crippen LogP contribution < -0.4 is 10.5 Å². The predicted octanol–water partition coefficient (Wildman–Crippen LogP) is 4.01. The van der Waals surface area contributed by atoms with Crippen molar-refractivity contribution in [2.75, 3.05) is 0 Å². The van der Waals surface area contributed by atoms with Gasteiger partial charge < -0.3 is 10.5 Å². The van der Waals surface area contributed by atoms with E-state index in [1.807, 2.05) is 30.3 Å². The number of hydrogen-bond donors (Lipinski definition) is 1. The van der Waals surface area contributed by atoms with Crippen LogP contribution in [0.4, 0.5) is 13.2 Å². The summed E-state index contributed by atoms with van der Waals surface area (Å²) in [4.78, 5) is 0. The van der Waals surface area contributed by atoms with Crippen molar-refractivity contribution >= 4 is 23.1 Å². The molecule has 0 spiro atoms. The molecule has 0 aliphatic carbocycles. The Morgan fingerprint density at radius 2 is 1.92 bits per heavy atom. The molecule has 2 aromatic rings. The lowest BCUT2D eigenvalue weighted by Gasteiger charge is -2.07. The average Bonchev–Trinajstić information content (AvgIpc) is 2.56. The highest BCUT2D eigenvalue weighted by Crippen LogP contribution is 2.23. The molecule has 0 atom stereocenters. The Balaban J connectivity index is 2.01. The fourth-order valence-corrected chi connectivity index (χ4v) is 2.36. The fourth-order valence-electron chi connectivity index (χ4n) is 1.75. The van der Waals surface area contributed by atoms with Gasteiger partial charge in [-0.3, -0.25) is 0 Å². The number of benzene rings is 2. The molecular formula is C16H14F3N3OS. The first-order valence-corrected chi connectivity index (χ1v) is 7.81. The van der Waals surface area contributed by atoms with Gasteiger partial charge in [-0.1, -0.05) is 48.2 Å². The number of hydrogen-bond acceptors (Lipinski definition) is 4. The molecule has 0 bridgehead atoms. The van der Waals surface area contributed by atoms with E-state index >= 15 is 0 Å². The fraction of sp³-hybridized carbons (Fsp3) is 0.125. The lowest BCUT2D eigenvalue weighted by Crippen LogP contribution is -2.07. The molecule has 2 rings (SSSR count). The van der Waals surface area contributed by atoms with Crippen LogP contribution in [-0.2, 0) is 5.75 Å². The Hall–Kier alpha value is -2.48. The first kappa shape index (κ1) is 17.9. The lowest BCUT2D eigenvalue weighted by atomic mass is 10.2. The lowest BCUT2D eigenvalue weighted by molar-refractivity contribution is -0.0522. The first-order chi connectivity index (χ1) is 11.6. The molecule has 0 saturated heterocycles. The van der Waals surface area contributed by atoms with Crippen molar-refractivity contribution in [3.05, 3.63) is 65.5 Å². The summed E-state index contributed by atoms with van der Waals surface area (Å²) in [5, 5.41) is 7.63. The second kappa shape index (κ2) is 8.97. The second-order valence-electron chi connectivity index (χ2n) is 4.49. The maximum absolute atomic E-state index is 13.5. The molecule has 0 aliphatic heterocycles. The Morgan fingerprint density at radius 1 is 1.17 bits per heavy atom. The van der Waals surface area contributed by atoms with Gasteiger partial charge in [0.1, 0.15) is 0 Å². The van der Waals surface area contributed by atoms with Gasteiger partial charge in [0.2, 0.25) is 0 Å². The normalized spacial score (nSPS) is 12.1. The number of para-hydroxylation sites is 1. The molecule has 4 nitrogen and oxygen atoms in total. The summed E-state index contributed by atoms with van der Waals surface area (Å²) >= 11 is 1.27. The third-order valence-corrected chi connectivity index (χ3v) is 3.64. The van der Waals surface area contributed by atoms with Gasteiger partial charge in [-0.2, -0.15) is 13.9 Å². The van der Waals surface area contributed by atoms with Gasteiger partial charge in [0, 0.05) is 11.3 Å². The molecule has 0 heterocycles. The van der Waals surface area contributed by atoms with Gasteiger partial charge in [0.15, 0.2) is 16.7 Å². The van der Waals surface area contributed by atoms with Crippen LogP contribution in [0.1, 0.15) is 11.1 Å². The van der Waals surface area contributed by atoms with Gasteiger partial charge in [-0.15, -0.1) is 5.10 Å². The second-order valence-corrected chi connectivity index (χ2v) is 5.49. The van der Waals surface area contributed by atoms with Crippen LogP contribution in [-0.4, -0.2) is 18.0 Å². The van der Waals surface area contributed by atoms with Crippen molar-refractivity contribution < 1.29 is 17.9 Å². The summed E-state index contributed by atoms with van der Waals surface area (Å²) < 4.78 is 42.3. The van der Waals surface area contributed by atoms with Crippen molar-refractivity contribution in [1.29, 1.82) is 0 Å². The maximum atomic E-state index is 13.5. The third-order valence-electron chi connectivity index (χ3n) is 2.79. The van der Waals surface area contributed by atoms with Crippen LogP contribution in [0.2, 0.25) is 0 Å². The summed E-state index contributed by atoms with van der Waals surface area (Å²) in [5.74, 6) is -0.873. The number of nitrogens with two attached hydrogens (primary N) is 1. The zero-order chi connectivity index (χ0) is 17.4. The predicted molar refractivity (Wildman–Crippen MR) is 90.0 cm³/mol. The third kappa shape index (κ3) is 5.62. The molecule has 0 radical (unpaired) electrons. The largest absolute Gasteiger partial charge is 0.431 e. The number of alkyl halides is 2. The molecule has 0 saturated carbocycles. The van der Waals surface area contributed by atoms with E-state index in [9.17, 15) is 13.2 Å². The highest BCUT2D eigenvalue weighted by molar-refractivity contribution is 8.13. The van der Waals surface area contributed by atoms with Crippen LogP contribution in [0.5, 0.6) is 5.75 Å². The van der Waals surface area contributed by atoms with E-state index in [4.69, 9.17) is 5.73 Å². The van der Waals surface area contributed by atoms with Crippen LogP contribution in [0.25, 0.3) is 0 Å². The van der Waals surface area contributed by atoms with Gasteiger partial charge in [-0.05, 0) is 17.7 Å². The number of thioether (sulfide) groups is 1. The molecule has 0 aliphatic rings. The van der Waals surface area contributed by atoms with Crippen molar-refractivity contribution in [2.45, 2.75) is 12.4 Å². The summed E-state index contributed by atoms with van der Waals surface area (Å²) in [6, 6.07) is 13.4. The molecular weight excluding hydrogens is 339 g/mol. The van der Waals surface area contributed by atoms with Crippen LogP contribution in [0.3, 0.4) is 0 Å². The zero-order valence-electron chi connectivity index (χ0n) is 12.4. The van der Waals surface area contributed by atoms with E-state index in [0.29, 0.717) is 5.75 Å². The zero-order valence-corrected chi connectivity index (χ0v) is 13.2. The number of amidine groups is 1. The van der Waals surface area contributed by atoms with E-state index in [-0.39, 0.29) is 10.7 Å². The topological polar surface area (TPSA) is 60.0 Å². The summed E-state index contributed by atoms with van der Waals surface area (Å²) in [6.07, 6.45) is 1.11. The van der Waals surface area contributed by atoms with Crippen LogP contribution in [0, 0.1) is 5.82 Å². The minimum absolute atomic E-state index is 0.0416. The molecule has 24 heavy (non-hydrogen) atoms. The minimum atomic E-state index is -3.14. The van der Waals surface area contributed by atoms with Crippen LogP contribution in [0.15, 0.2) is 58.7 Å². The van der Waals surface area contributed by atoms with E-state index in [1.165, 1.54) is 23.9 Å². The van der Waals surface area contributed by atoms with E-state index in [1.54, 1.807) is 0 Å². The molecule has 0 aromatic heterocycles. The quantitative estimate of drug-likeness (QED) is 0.485. The molecule has 0 unspecified atom stereocenters. The van der Waals surface area contributed by atoms with Crippen molar-refractivity contribution in [2.24, 2.45) is 15.9 Å². The number of nitrogens with zero attached hydrogens (tertiary/aromatic N) is 2. The molecule has 0 fully saturated rings. The Bertz CT molecular complexity index is 724. The highest BCUT2D eigenvalue weighted by Gasteiger charge is 2.13. The standard InChI is InChI=1S/C16H14F3N3OS/c17-13-8-4-7-12(14(13)23-15(18)19)9-21-22-16(20)24-10-11-5-2-1-3-6-11/h1-9,15H,10H2,(H2,20,22). The van der Waals surface area contributed by atoms with Gasteiger partial charge in [0.05, 0.1) is 6.21 Å². The smallest absolute Gasteiger partial charge is 0.387 e. The Kier molecular flexibility index (Phi) is 6.68. The summed E-state index contributed by atoms with van der Waals surface area (Å²) in [6.45, 7) is -3.14. The highest BCUT2D eigenvalue weighted by atomic mass is 32.2. The molecule has 0 amide bonds. The summed E-state index contributed by atoms with van der Waals surface area (Å²) in [7, 11) is 0. The van der Waals surface area contributed by atoms with Gasteiger partial charge >= 0.3 is 6.61 Å². The van der Waals surface area contributed by atoms with Crippen LogP contribution >= 0.6 is 11.8 Å². The monoisotopic (exact) mass is 353 g/mol. The Morgan fingerprint density at radius 3 is 2.62 bits per heavy atom. The maximum Gasteiger partial charge on any atom is 0.387 e. The first-order valence-electron chi connectivity index (χ1n) is 6.83. The summed E-state index contributed by atoms with van der Waals surface area (Å²) in [5.41, 5.74) is 6.82. The SMILES string of the molecule is NC(=NN=Cc1cccc(F)c1OC(F)F)SCc1ccccc1. The van der Waals surface area contributed by atoms with Gasteiger partial charge in [-0.25, -0.2) is 4.39 Å². The Labute approximate surface area is 141 Å².